The Morgan fingerprint density at radius 2 is 1.84 bits per heavy atom. The average Bonchev–Trinajstić information content (AvgIpc) is 2.89. The molecule has 4 nitrogen and oxygen atoms in total. The van der Waals surface area contributed by atoms with E-state index < -0.39 is 13.9 Å². The van der Waals surface area contributed by atoms with E-state index in [1.54, 1.807) is 0 Å². The summed E-state index contributed by atoms with van der Waals surface area (Å²) >= 11 is 0. The fourth-order valence-corrected chi connectivity index (χ4v) is 4.94. The number of carbonyl (C=O) groups excluding carboxylic acids is 1. The highest BCUT2D eigenvalue weighted by atomic mass is 28.4. The van der Waals surface area contributed by atoms with Crippen molar-refractivity contribution < 1.29 is 14.0 Å². The molecule has 1 aliphatic carbocycles. The van der Waals surface area contributed by atoms with Gasteiger partial charge in [0.2, 0.25) is 0 Å². The maximum atomic E-state index is 12.9. The summed E-state index contributed by atoms with van der Waals surface area (Å²) in [6.45, 7) is 19.9. The lowest BCUT2D eigenvalue weighted by atomic mass is 9.95. The standard InChI is InChI=1S/C20H37NO3Si/c1-15-10-11-20(12-15)13-16(24-25(8,9)19(5,6)7)14-21(20)17(22)23-18(2,3)4/h12,16H,10-11,13-14H2,1-9H3/t16-,20+/m1/s1. The Bertz CT molecular complexity index is 556. The van der Waals surface area contributed by atoms with Crippen molar-refractivity contribution in [2.75, 3.05) is 6.54 Å². The molecule has 0 aromatic rings. The molecule has 1 fully saturated rings. The number of carbonyl (C=O) groups is 1. The highest BCUT2D eigenvalue weighted by Crippen LogP contribution is 2.45. The maximum Gasteiger partial charge on any atom is 0.411 e. The van der Waals surface area contributed by atoms with Crippen molar-refractivity contribution in [2.45, 2.75) is 103 Å². The Kier molecular flexibility index (Phi) is 5.26. The summed E-state index contributed by atoms with van der Waals surface area (Å²) in [5.74, 6) is 0. The largest absolute Gasteiger partial charge is 0.444 e. The van der Waals surface area contributed by atoms with E-state index in [1.165, 1.54) is 5.57 Å². The molecule has 2 rings (SSSR count). The summed E-state index contributed by atoms with van der Waals surface area (Å²) < 4.78 is 12.4. The molecule has 0 bridgehead atoms. The van der Waals surface area contributed by atoms with Crippen molar-refractivity contribution in [3.8, 4) is 0 Å². The third kappa shape index (κ3) is 4.48. The van der Waals surface area contributed by atoms with Crippen LogP contribution in [0.5, 0.6) is 0 Å². The van der Waals surface area contributed by atoms with Gasteiger partial charge in [-0.15, -0.1) is 0 Å². The Balaban J connectivity index is 2.22. The molecule has 1 amide bonds. The summed E-state index contributed by atoms with van der Waals surface area (Å²) in [7, 11) is -1.87. The van der Waals surface area contributed by atoms with Crippen LogP contribution in [0.1, 0.15) is 67.7 Å². The average molecular weight is 368 g/mol. The quantitative estimate of drug-likeness (QED) is 0.478. The van der Waals surface area contributed by atoms with Crippen LogP contribution < -0.4 is 0 Å². The molecule has 0 aromatic carbocycles. The molecule has 0 aromatic heterocycles. The number of likely N-dealkylation sites (tertiary alicyclic amines) is 1. The van der Waals surface area contributed by atoms with Gasteiger partial charge in [0.15, 0.2) is 8.32 Å². The molecule has 1 heterocycles. The molecule has 1 saturated heterocycles. The summed E-state index contributed by atoms with van der Waals surface area (Å²) in [5, 5.41) is 0.168. The fraction of sp³-hybridized carbons (Fsp3) is 0.850. The summed E-state index contributed by atoms with van der Waals surface area (Å²) in [4.78, 5) is 14.8. The number of hydrogen-bond acceptors (Lipinski definition) is 3. The van der Waals surface area contributed by atoms with Crippen molar-refractivity contribution in [1.29, 1.82) is 0 Å². The summed E-state index contributed by atoms with van der Waals surface area (Å²) in [5.41, 5.74) is 0.662. The van der Waals surface area contributed by atoms with Gasteiger partial charge in [-0.3, -0.25) is 4.90 Å². The first-order valence-electron chi connectivity index (χ1n) is 9.52. The molecule has 0 unspecified atom stereocenters. The minimum atomic E-state index is -1.87. The molecule has 1 aliphatic heterocycles. The van der Waals surface area contributed by atoms with Crippen LogP contribution in [-0.2, 0) is 9.16 Å². The van der Waals surface area contributed by atoms with Crippen LogP contribution in [0.3, 0.4) is 0 Å². The lowest BCUT2D eigenvalue weighted by Crippen LogP contribution is -2.47. The number of rotatable bonds is 2. The van der Waals surface area contributed by atoms with Gasteiger partial charge in [0.05, 0.1) is 11.6 Å². The second-order valence-corrected chi connectivity index (χ2v) is 15.1. The van der Waals surface area contributed by atoms with Gasteiger partial charge in [0, 0.05) is 13.0 Å². The zero-order chi connectivity index (χ0) is 19.3. The molecule has 0 saturated carbocycles. The monoisotopic (exact) mass is 367 g/mol. The maximum absolute atomic E-state index is 12.9. The zero-order valence-corrected chi connectivity index (χ0v) is 18.7. The van der Waals surface area contributed by atoms with E-state index in [1.807, 2.05) is 25.7 Å². The number of amides is 1. The van der Waals surface area contributed by atoms with Crippen LogP contribution in [-0.4, -0.2) is 43.1 Å². The van der Waals surface area contributed by atoms with Gasteiger partial charge in [-0.2, -0.15) is 0 Å². The van der Waals surface area contributed by atoms with Gasteiger partial charge < -0.3 is 9.16 Å². The van der Waals surface area contributed by atoms with E-state index in [-0.39, 0.29) is 22.8 Å². The Labute approximate surface area is 155 Å². The summed E-state index contributed by atoms with van der Waals surface area (Å²) in [6, 6.07) is 0. The van der Waals surface area contributed by atoms with Crippen LogP contribution in [0.4, 0.5) is 4.79 Å². The van der Waals surface area contributed by atoms with Gasteiger partial charge in [-0.25, -0.2) is 4.79 Å². The van der Waals surface area contributed by atoms with Crippen LogP contribution in [0, 0.1) is 0 Å². The number of hydrogen-bond donors (Lipinski definition) is 0. The van der Waals surface area contributed by atoms with E-state index in [0.29, 0.717) is 6.54 Å². The SMILES string of the molecule is CC1=C[C@@]2(CC1)C[C@@H](O[Si](C)(C)C(C)(C)C)CN2C(=O)OC(C)(C)C. The predicted octanol–water partition coefficient (Wildman–Crippen LogP) is 5.50. The molecule has 5 heteroatoms. The van der Waals surface area contributed by atoms with Crippen molar-refractivity contribution >= 4 is 14.4 Å². The van der Waals surface area contributed by atoms with Gasteiger partial charge in [-0.1, -0.05) is 32.4 Å². The molecular formula is C20H37NO3Si. The van der Waals surface area contributed by atoms with E-state index >= 15 is 0 Å². The molecule has 0 radical (unpaired) electrons. The smallest absolute Gasteiger partial charge is 0.411 e. The van der Waals surface area contributed by atoms with Gasteiger partial charge in [0.1, 0.15) is 5.60 Å². The number of nitrogens with zero attached hydrogens (tertiary/aromatic N) is 1. The Morgan fingerprint density at radius 1 is 1.24 bits per heavy atom. The summed E-state index contributed by atoms with van der Waals surface area (Å²) in [6.07, 6.45) is 5.08. The molecular weight excluding hydrogens is 330 g/mol. The normalized spacial score (nSPS) is 27.8. The van der Waals surface area contributed by atoms with Gasteiger partial charge >= 0.3 is 6.09 Å². The van der Waals surface area contributed by atoms with E-state index in [4.69, 9.17) is 9.16 Å². The van der Waals surface area contributed by atoms with Crippen molar-refractivity contribution in [1.82, 2.24) is 4.90 Å². The molecule has 25 heavy (non-hydrogen) atoms. The van der Waals surface area contributed by atoms with Gasteiger partial charge in [0.25, 0.3) is 0 Å². The molecule has 0 N–H and O–H groups in total. The van der Waals surface area contributed by atoms with E-state index in [2.05, 4.69) is 46.9 Å². The van der Waals surface area contributed by atoms with Crippen LogP contribution in [0.15, 0.2) is 11.6 Å². The molecule has 2 aliphatic rings. The highest BCUT2D eigenvalue weighted by Gasteiger charge is 2.52. The Hall–Kier alpha value is -0.813. The first-order valence-corrected chi connectivity index (χ1v) is 12.4. The second kappa shape index (κ2) is 6.41. The third-order valence-corrected chi connectivity index (χ3v) is 10.4. The van der Waals surface area contributed by atoms with Gasteiger partial charge in [-0.05, 0) is 58.7 Å². The molecule has 144 valence electrons. The van der Waals surface area contributed by atoms with Crippen LogP contribution in [0.25, 0.3) is 0 Å². The predicted molar refractivity (Wildman–Crippen MR) is 105 cm³/mol. The lowest BCUT2D eigenvalue weighted by molar-refractivity contribution is 0.0137. The third-order valence-electron chi connectivity index (χ3n) is 5.85. The first-order chi connectivity index (χ1) is 11.2. The molecule has 2 atom stereocenters. The molecule has 1 spiro atoms. The van der Waals surface area contributed by atoms with Crippen LogP contribution >= 0.6 is 0 Å². The fourth-order valence-electron chi connectivity index (χ4n) is 3.59. The highest BCUT2D eigenvalue weighted by molar-refractivity contribution is 6.74. The van der Waals surface area contributed by atoms with Crippen molar-refractivity contribution in [3.05, 3.63) is 11.6 Å². The van der Waals surface area contributed by atoms with E-state index in [9.17, 15) is 4.79 Å². The van der Waals surface area contributed by atoms with Crippen molar-refractivity contribution in [2.24, 2.45) is 0 Å². The zero-order valence-electron chi connectivity index (χ0n) is 17.7. The topological polar surface area (TPSA) is 38.8 Å². The Morgan fingerprint density at radius 3 is 2.28 bits per heavy atom. The number of ether oxygens (including phenoxy) is 1. The first kappa shape index (κ1) is 20.5. The van der Waals surface area contributed by atoms with Crippen LogP contribution in [0.2, 0.25) is 18.1 Å². The minimum Gasteiger partial charge on any atom is -0.444 e. The minimum absolute atomic E-state index is 0.0931. The lowest BCUT2D eigenvalue weighted by Gasteiger charge is -2.38. The van der Waals surface area contributed by atoms with E-state index in [0.717, 1.165) is 19.3 Å². The number of allylic oxidation sites excluding steroid dienone is 1. The second-order valence-electron chi connectivity index (χ2n) is 10.4. The van der Waals surface area contributed by atoms with Crippen molar-refractivity contribution in [3.63, 3.8) is 0 Å².